The second kappa shape index (κ2) is 5.64. The van der Waals surface area contributed by atoms with Crippen LogP contribution in [0.4, 0.5) is 8.78 Å². The van der Waals surface area contributed by atoms with Gasteiger partial charge >= 0.3 is 0 Å². The lowest BCUT2D eigenvalue weighted by molar-refractivity contribution is 0.589. The van der Waals surface area contributed by atoms with Crippen LogP contribution in [0, 0.1) is 25.5 Å². The van der Waals surface area contributed by atoms with E-state index in [1.54, 1.807) is 13.8 Å². The third-order valence-corrected chi connectivity index (χ3v) is 3.60. The van der Waals surface area contributed by atoms with Gasteiger partial charge in [0, 0.05) is 11.1 Å². The summed E-state index contributed by atoms with van der Waals surface area (Å²) in [5.41, 5.74) is 3.09. The minimum atomic E-state index is -0.604. The van der Waals surface area contributed by atoms with E-state index in [1.165, 1.54) is 18.2 Å². The molecule has 0 fully saturated rings. The fraction of sp³-hybridized carbons (Fsp3) is 0.111. The van der Waals surface area contributed by atoms with Crippen molar-refractivity contribution in [2.45, 2.75) is 13.8 Å². The number of aromatic nitrogens is 2. The van der Waals surface area contributed by atoms with Crippen LogP contribution in [0.15, 0.2) is 48.5 Å². The highest BCUT2D eigenvalue weighted by molar-refractivity contribution is 5.86. The molecule has 0 aliphatic carbocycles. The Morgan fingerprint density at radius 2 is 1.18 bits per heavy atom. The molecule has 2 aromatic carbocycles. The molecular weight excluding hydrogens is 282 g/mol. The van der Waals surface area contributed by atoms with Crippen LogP contribution in [0.3, 0.4) is 0 Å². The zero-order valence-corrected chi connectivity index (χ0v) is 12.3. The summed E-state index contributed by atoms with van der Waals surface area (Å²) in [6.07, 6.45) is 0. The van der Waals surface area contributed by atoms with Crippen molar-refractivity contribution >= 4 is 0 Å². The van der Waals surface area contributed by atoms with Crippen LogP contribution < -0.4 is 0 Å². The molecule has 1 heterocycles. The number of halogens is 2. The topological polar surface area (TPSA) is 25.8 Å². The van der Waals surface area contributed by atoms with Gasteiger partial charge in [0.25, 0.3) is 0 Å². The maximum Gasteiger partial charge on any atom is 0.134 e. The highest BCUT2D eigenvalue weighted by Gasteiger charge is 2.21. The molecule has 0 radical (unpaired) electrons. The van der Waals surface area contributed by atoms with Crippen LogP contribution in [0.1, 0.15) is 11.4 Å². The predicted octanol–water partition coefficient (Wildman–Crippen LogP) is 4.71. The summed E-state index contributed by atoms with van der Waals surface area (Å²) in [5, 5.41) is 8.15. The summed E-state index contributed by atoms with van der Waals surface area (Å²) < 4.78 is 28.5. The first-order valence-electron chi connectivity index (χ1n) is 6.93. The summed E-state index contributed by atoms with van der Waals surface area (Å²) in [6, 6.07) is 13.3. The maximum atomic E-state index is 14.3. The Morgan fingerprint density at radius 1 is 0.636 bits per heavy atom. The van der Waals surface area contributed by atoms with Gasteiger partial charge in [-0.25, -0.2) is 8.78 Å². The molecule has 4 heteroatoms. The summed E-state index contributed by atoms with van der Waals surface area (Å²) in [7, 11) is 0. The minimum absolute atomic E-state index is 0.0585. The third-order valence-electron chi connectivity index (χ3n) is 3.60. The molecule has 0 spiro atoms. The molecule has 3 rings (SSSR count). The van der Waals surface area contributed by atoms with Gasteiger partial charge in [-0.2, -0.15) is 10.2 Å². The highest BCUT2D eigenvalue weighted by atomic mass is 19.1. The Labute approximate surface area is 127 Å². The number of hydrogen-bond donors (Lipinski definition) is 0. The number of rotatable bonds is 2. The predicted molar refractivity (Wildman–Crippen MR) is 82.3 cm³/mol. The van der Waals surface area contributed by atoms with Gasteiger partial charge in [0.15, 0.2) is 0 Å². The van der Waals surface area contributed by atoms with E-state index in [1.807, 2.05) is 30.3 Å². The molecule has 0 bridgehead atoms. The van der Waals surface area contributed by atoms with Crippen molar-refractivity contribution in [2.75, 3.05) is 0 Å². The second-order valence-corrected chi connectivity index (χ2v) is 5.08. The largest absolute Gasteiger partial charge is 0.206 e. The van der Waals surface area contributed by atoms with Gasteiger partial charge in [-0.15, -0.1) is 0 Å². The van der Waals surface area contributed by atoms with Gasteiger partial charge in [-0.05, 0) is 31.5 Å². The molecule has 3 aromatic rings. The Hall–Kier alpha value is -2.62. The van der Waals surface area contributed by atoms with E-state index in [-0.39, 0.29) is 5.56 Å². The fourth-order valence-electron chi connectivity index (χ4n) is 2.61. The SMILES string of the molecule is Cc1nnc(C)c(-c2c(F)cccc2F)c1-c1ccccc1. The molecule has 0 atom stereocenters. The lowest BCUT2D eigenvalue weighted by atomic mass is 9.92. The molecule has 0 aliphatic heterocycles. The molecule has 0 aliphatic rings. The van der Waals surface area contributed by atoms with Crippen LogP contribution in [0.2, 0.25) is 0 Å². The van der Waals surface area contributed by atoms with E-state index >= 15 is 0 Å². The fourth-order valence-corrected chi connectivity index (χ4v) is 2.61. The quantitative estimate of drug-likeness (QED) is 0.684. The highest BCUT2D eigenvalue weighted by Crippen LogP contribution is 2.37. The van der Waals surface area contributed by atoms with Gasteiger partial charge in [0.05, 0.1) is 17.0 Å². The lowest BCUT2D eigenvalue weighted by Gasteiger charge is -2.15. The van der Waals surface area contributed by atoms with E-state index in [4.69, 9.17) is 0 Å². The molecule has 2 nitrogen and oxygen atoms in total. The van der Waals surface area contributed by atoms with Crippen LogP contribution in [0.25, 0.3) is 22.3 Å². The van der Waals surface area contributed by atoms with Crippen LogP contribution >= 0.6 is 0 Å². The molecule has 0 unspecified atom stereocenters. The summed E-state index contributed by atoms with van der Waals surface area (Å²) in [4.78, 5) is 0. The first-order valence-corrected chi connectivity index (χ1v) is 6.93. The average Bonchev–Trinajstić information content (AvgIpc) is 2.51. The molecule has 0 saturated carbocycles. The molecule has 1 aromatic heterocycles. The third kappa shape index (κ3) is 2.37. The number of nitrogens with zero attached hydrogens (tertiary/aromatic N) is 2. The van der Waals surface area contributed by atoms with Crippen LogP contribution in [0.5, 0.6) is 0 Å². The number of benzene rings is 2. The maximum absolute atomic E-state index is 14.3. The first-order chi connectivity index (χ1) is 10.6. The van der Waals surface area contributed by atoms with Crippen LogP contribution in [-0.2, 0) is 0 Å². The van der Waals surface area contributed by atoms with E-state index < -0.39 is 11.6 Å². The average molecular weight is 296 g/mol. The van der Waals surface area contributed by atoms with Gasteiger partial charge in [0.1, 0.15) is 11.6 Å². The molecular formula is C18H14F2N2. The Kier molecular flexibility index (Phi) is 3.67. The molecule has 22 heavy (non-hydrogen) atoms. The number of hydrogen-bond acceptors (Lipinski definition) is 2. The summed E-state index contributed by atoms with van der Waals surface area (Å²) in [6.45, 7) is 3.50. The minimum Gasteiger partial charge on any atom is -0.206 e. The van der Waals surface area contributed by atoms with E-state index in [9.17, 15) is 8.78 Å². The number of aryl methyl sites for hydroxylation is 2. The molecule has 110 valence electrons. The monoisotopic (exact) mass is 296 g/mol. The molecule has 0 saturated heterocycles. The van der Waals surface area contributed by atoms with Crippen molar-refractivity contribution in [3.63, 3.8) is 0 Å². The van der Waals surface area contributed by atoms with Gasteiger partial charge < -0.3 is 0 Å². The van der Waals surface area contributed by atoms with E-state index in [2.05, 4.69) is 10.2 Å². The summed E-state index contributed by atoms with van der Waals surface area (Å²) >= 11 is 0. The van der Waals surface area contributed by atoms with E-state index in [0.717, 1.165) is 5.56 Å². The van der Waals surface area contributed by atoms with Crippen molar-refractivity contribution in [3.8, 4) is 22.3 Å². The van der Waals surface area contributed by atoms with Gasteiger partial charge in [-0.1, -0.05) is 36.4 Å². The molecule has 0 amide bonds. The second-order valence-electron chi connectivity index (χ2n) is 5.08. The van der Waals surface area contributed by atoms with Crippen LogP contribution in [-0.4, -0.2) is 10.2 Å². The Balaban J connectivity index is 2.40. The van der Waals surface area contributed by atoms with Gasteiger partial charge in [-0.3, -0.25) is 0 Å². The van der Waals surface area contributed by atoms with Crippen molar-refractivity contribution in [2.24, 2.45) is 0 Å². The van der Waals surface area contributed by atoms with Crippen molar-refractivity contribution < 1.29 is 8.78 Å². The van der Waals surface area contributed by atoms with Crippen molar-refractivity contribution in [1.82, 2.24) is 10.2 Å². The van der Waals surface area contributed by atoms with Gasteiger partial charge in [0.2, 0.25) is 0 Å². The smallest absolute Gasteiger partial charge is 0.134 e. The Bertz CT molecular complexity index is 810. The van der Waals surface area contributed by atoms with Crippen molar-refractivity contribution in [3.05, 3.63) is 71.6 Å². The zero-order valence-electron chi connectivity index (χ0n) is 12.3. The van der Waals surface area contributed by atoms with Crippen molar-refractivity contribution in [1.29, 1.82) is 0 Å². The normalized spacial score (nSPS) is 10.7. The lowest BCUT2D eigenvalue weighted by Crippen LogP contribution is -2.02. The molecule has 0 N–H and O–H groups in total. The standard InChI is InChI=1S/C18H14F2N2/c1-11-16(13-7-4-3-5-8-13)17(12(2)22-21-11)18-14(19)9-6-10-15(18)20/h3-10H,1-2H3. The van der Waals surface area contributed by atoms with E-state index in [0.29, 0.717) is 22.5 Å². The zero-order chi connectivity index (χ0) is 15.7. The first kappa shape index (κ1) is 14.3. The Morgan fingerprint density at radius 3 is 1.77 bits per heavy atom. The summed E-state index contributed by atoms with van der Waals surface area (Å²) in [5.74, 6) is -1.21.